The summed E-state index contributed by atoms with van der Waals surface area (Å²) >= 11 is 0. The highest BCUT2D eigenvalue weighted by Crippen LogP contribution is 2.41. The summed E-state index contributed by atoms with van der Waals surface area (Å²) < 4.78 is 0. The molecule has 0 unspecified atom stereocenters. The van der Waals surface area contributed by atoms with Gasteiger partial charge in [-0.25, -0.2) is 0 Å². The summed E-state index contributed by atoms with van der Waals surface area (Å²) in [6, 6.07) is 2.54. The van der Waals surface area contributed by atoms with Gasteiger partial charge in [-0.3, -0.25) is 10.1 Å². The van der Waals surface area contributed by atoms with Crippen LogP contribution in [0.5, 0.6) is 5.75 Å². The second kappa shape index (κ2) is 4.00. The average Bonchev–Trinajstić information content (AvgIpc) is 2.21. The van der Waals surface area contributed by atoms with Gasteiger partial charge in [0.2, 0.25) is 0 Å². The normalized spacial score (nSPS) is 11.4. The van der Waals surface area contributed by atoms with Crippen molar-refractivity contribution in [3.8, 4) is 5.75 Å². The van der Waals surface area contributed by atoms with Crippen LogP contribution in [0.1, 0.15) is 32.8 Å². The Morgan fingerprint density at radius 2 is 2.06 bits per heavy atom. The van der Waals surface area contributed by atoms with Crippen molar-refractivity contribution >= 4 is 11.4 Å². The molecule has 0 saturated carbocycles. The smallest absolute Gasteiger partial charge is 0.275 e. The minimum absolute atomic E-state index is 0.0397. The van der Waals surface area contributed by atoms with E-state index in [1.54, 1.807) is 0 Å². The molecule has 0 radical (unpaired) electrons. The molecule has 0 amide bonds. The molecular weight excluding hydrogens is 208 g/mol. The summed E-state index contributed by atoms with van der Waals surface area (Å²) in [6.07, 6.45) is 0.696. The Morgan fingerprint density at radius 1 is 1.50 bits per heavy atom. The molecule has 0 aliphatic rings. The Kier molecular flexibility index (Phi) is 3.07. The van der Waals surface area contributed by atoms with Gasteiger partial charge in [0.1, 0.15) is 5.75 Å². The van der Waals surface area contributed by atoms with Gasteiger partial charge in [0, 0.05) is 6.07 Å². The molecule has 3 N–H and O–H groups in total. The maximum Gasteiger partial charge on any atom is 0.275 e. The van der Waals surface area contributed by atoms with Gasteiger partial charge in [0.15, 0.2) is 0 Å². The van der Waals surface area contributed by atoms with E-state index in [1.807, 2.05) is 20.8 Å². The van der Waals surface area contributed by atoms with Crippen molar-refractivity contribution in [3.63, 3.8) is 0 Å². The van der Waals surface area contributed by atoms with Crippen molar-refractivity contribution in [3.05, 3.63) is 27.8 Å². The Balaban J connectivity index is 3.56. The Bertz CT molecular complexity index is 427. The number of benzene rings is 1. The number of rotatable bonds is 3. The van der Waals surface area contributed by atoms with E-state index in [9.17, 15) is 15.2 Å². The molecule has 16 heavy (non-hydrogen) atoms. The highest BCUT2D eigenvalue weighted by molar-refractivity contribution is 5.67. The third-order valence-electron chi connectivity index (χ3n) is 2.96. The molecule has 0 bridgehead atoms. The number of nitrogens with zero attached hydrogens (tertiary/aromatic N) is 1. The molecule has 88 valence electrons. The molecule has 1 aromatic rings. The van der Waals surface area contributed by atoms with E-state index in [-0.39, 0.29) is 17.1 Å². The van der Waals surface area contributed by atoms with Gasteiger partial charge in [-0.05, 0) is 17.9 Å². The van der Waals surface area contributed by atoms with Gasteiger partial charge in [0.25, 0.3) is 5.69 Å². The predicted octanol–water partition coefficient (Wildman–Crippen LogP) is 2.57. The number of nitro benzene ring substituents is 1. The molecule has 1 rings (SSSR count). The molecule has 0 fully saturated rings. The fourth-order valence-corrected chi connectivity index (χ4v) is 1.64. The molecule has 0 heterocycles. The molecule has 0 atom stereocenters. The minimum atomic E-state index is -0.470. The monoisotopic (exact) mass is 224 g/mol. The fraction of sp³-hybridized carbons (Fsp3) is 0.455. The van der Waals surface area contributed by atoms with Gasteiger partial charge >= 0.3 is 0 Å². The van der Waals surface area contributed by atoms with E-state index in [4.69, 9.17) is 5.73 Å². The second-order valence-electron chi connectivity index (χ2n) is 4.39. The Hall–Kier alpha value is -1.78. The summed E-state index contributed by atoms with van der Waals surface area (Å²) in [6.45, 7) is 5.66. The quantitative estimate of drug-likeness (QED) is 0.357. The van der Waals surface area contributed by atoms with Gasteiger partial charge in [-0.15, -0.1) is 0 Å². The van der Waals surface area contributed by atoms with Crippen LogP contribution in [0.4, 0.5) is 11.4 Å². The van der Waals surface area contributed by atoms with Crippen LogP contribution in [0.3, 0.4) is 0 Å². The SMILES string of the molecule is CCC(C)(C)c1c([N+](=O)[O-])ccc(O)c1N. The summed E-state index contributed by atoms with van der Waals surface area (Å²) in [5, 5.41) is 20.4. The van der Waals surface area contributed by atoms with Crippen LogP contribution >= 0.6 is 0 Å². The van der Waals surface area contributed by atoms with E-state index in [0.717, 1.165) is 0 Å². The largest absolute Gasteiger partial charge is 0.506 e. The van der Waals surface area contributed by atoms with Gasteiger partial charge in [0.05, 0.1) is 16.2 Å². The first-order valence-corrected chi connectivity index (χ1v) is 5.07. The lowest BCUT2D eigenvalue weighted by molar-refractivity contribution is -0.386. The highest BCUT2D eigenvalue weighted by atomic mass is 16.6. The van der Waals surface area contributed by atoms with Crippen molar-refractivity contribution < 1.29 is 10.0 Å². The molecule has 0 spiro atoms. The zero-order valence-corrected chi connectivity index (χ0v) is 9.65. The standard InChI is InChI=1S/C11H16N2O3/c1-4-11(2,3)9-7(13(15)16)5-6-8(14)10(9)12/h5-6,14H,4,12H2,1-3H3. The number of nitrogen functional groups attached to an aromatic ring is 1. The number of hydrogen-bond acceptors (Lipinski definition) is 4. The van der Waals surface area contributed by atoms with Crippen molar-refractivity contribution in [2.75, 3.05) is 5.73 Å². The summed E-state index contributed by atoms with van der Waals surface area (Å²) in [7, 11) is 0. The molecule has 0 aliphatic carbocycles. The van der Waals surface area contributed by atoms with Crippen molar-refractivity contribution in [1.29, 1.82) is 0 Å². The number of phenols is 1. The second-order valence-corrected chi connectivity index (χ2v) is 4.39. The van der Waals surface area contributed by atoms with Crippen molar-refractivity contribution in [2.45, 2.75) is 32.6 Å². The molecule has 5 heteroatoms. The van der Waals surface area contributed by atoms with Crippen LogP contribution in [0, 0.1) is 10.1 Å². The van der Waals surface area contributed by atoms with Crippen LogP contribution in [0.2, 0.25) is 0 Å². The van der Waals surface area contributed by atoms with Crippen LogP contribution < -0.4 is 5.73 Å². The Labute approximate surface area is 94.0 Å². The molecule has 0 aromatic heterocycles. The maximum absolute atomic E-state index is 10.9. The number of aromatic hydroxyl groups is 1. The highest BCUT2D eigenvalue weighted by Gasteiger charge is 2.31. The van der Waals surface area contributed by atoms with E-state index in [1.165, 1.54) is 12.1 Å². The lowest BCUT2D eigenvalue weighted by Crippen LogP contribution is -2.19. The number of nitro groups is 1. The van der Waals surface area contributed by atoms with E-state index >= 15 is 0 Å². The van der Waals surface area contributed by atoms with Gasteiger partial charge in [-0.1, -0.05) is 20.8 Å². The first-order chi connectivity index (χ1) is 7.31. The van der Waals surface area contributed by atoms with E-state index in [2.05, 4.69) is 0 Å². The third-order valence-corrected chi connectivity index (χ3v) is 2.96. The average molecular weight is 224 g/mol. The molecule has 0 aliphatic heterocycles. The topological polar surface area (TPSA) is 89.4 Å². The number of phenolic OH excluding ortho intramolecular Hbond substituents is 1. The van der Waals surface area contributed by atoms with Crippen LogP contribution in [-0.2, 0) is 5.41 Å². The third kappa shape index (κ3) is 1.93. The molecule has 5 nitrogen and oxygen atoms in total. The summed E-state index contributed by atoms with van der Waals surface area (Å²) in [5.74, 6) is -0.109. The fourth-order valence-electron chi connectivity index (χ4n) is 1.64. The van der Waals surface area contributed by atoms with Gasteiger partial charge in [-0.2, -0.15) is 0 Å². The molecular formula is C11H16N2O3. The van der Waals surface area contributed by atoms with E-state index in [0.29, 0.717) is 12.0 Å². The summed E-state index contributed by atoms with van der Waals surface area (Å²) in [4.78, 5) is 10.4. The first kappa shape index (κ1) is 12.3. The molecule has 1 aromatic carbocycles. The van der Waals surface area contributed by atoms with Crippen molar-refractivity contribution in [1.82, 2.24) is 0 Å². The zero-order valence-electron chi connectivity index (χ0n) is 9.65. The minimum Gasteiger partial charge on any atom is -0.506 e. The number of nitrogens with two attached hydrogens (primary N) is 1. The van der Waals surface area contributed by atoms with Crippen LogP contribution in [-0.4, -0.2) is 10.0 Å². The summed E-state index contributed by atoms with van der Waals surface area (Å²) in [5.41, 5.74) is 5.75. The predicted molar refractivity (Wildman–Crippen MR) is 62.5 cm³/mol. The number of anilines is 1. The lowest BCUT2D eigenvalue weighted by atomic mass is 9.80. The van der Waals surface area contributed by atoms with Crippen LogP contribution in [0.25, 0.3) is 0 Å². The van der Waals surface area contributed by atoms with Gasteiger partial charge < -0.3 is 10.8 Å². The number of hydrogen-bond donors (Lipinski definition) is 2. The maximum atomic E-state index is 10.9. The lowest BCUT2D eigenvalue weighted by Gasteiger charge is -2.24. The Morgan fingerprint density at radius 3 is 2.50 bits per heavy atom. The molecule has 0 saturated heterocycles. The van der Waals surface area contributed by atoms with Crippen LogP contribution in [0.15, 0.2) is 12.1 Å². The first-order valence-electron chi connectivity index (χ1n) is 5.07. The van der Waals surface area contributed by atoms with E-state index < -0.39 is 10.3 Å². The van der Waals surface area contributed by atoms with Crippen molar-refractivity contribution in [2.24, 2.45) is 0 Å². The zero-order chi connectivity index (χ0) is 12.5.